The van der Waals surface area contributed by atoms with Gasteiger partial charge in [0.1, 0.15) is 11.6 Å². The van der Waals surface area contributed by atoms with Gasteiger partial charge in [-0.25, -0.2) is 9.97 Å². The van der Waals surface area contributed by atoms with Gasteiger partial charge in [-0.1, -0.05) is 166 Å². The minimum Gasteiger partial charge on any atom is -0.310 e. The molecule has 61 heavy (non-hydrogen) atoms. The van der Waals surface area contributed by atoms with E-state index in [1.165, 1.54) is 33.3 Å². The number of hydrogen-bond acceptors (Lipinski definition) is 4. The van der Waals surface area contributed by atoms with E-state index in [0.717, 1.165) is 50.2 Å². The van der Waals surface area contributed by atoms with Crippen molar-refractivity contribution in [2.75, 3.05) is 4.90 Å². The molecule has 0 bridgehead atoms. The standard InChI is InChI=1S/C56H39N5/c1-56(2)45-28-16-18-30-48(45)60(41-25-13-6-14-26-41)50-34-33-49-51(52(50)56)42-27-15-17-29-46(42)61(49)47-32-31-40(37-19-7-3-8-20-37)35-43(47)55-58-53(38-21-9-4-10-22-38)44(36-57)54(59-55)39-23-11-5-12-24-39/h3-35H,1-2H3. The van der Waals surface area contributed by atoms with Crippen molar-refractivity contribution < 1.29 is 0 Å². The summed E-state index contributed by atoms with van der Waals surface area (Å²) in [6.45, 7) is 4.72. The molecule has 0 fully saturated rings. The van der Waals surface area contributed by atoms with Crippen LogP contribution in [0.3, 0.4) is 0 Å². The first-order valence-electron chi connectivity index (χ1n) is 20.7. The van der Waals surface area contributed by atoms with Crippen LogP contribution in [-0.2, 0) is 5.41 Å². The molecule has 0 unspecified atom stereocenters. The Morgan fingerprint density at radius 3 is 1.70 bits per heavy atom. The summed E-state index contributed by atoms with van der Waals surface area (Å²) in [4.78, 5) is 13.1. The fourth-order valence-electron chi connectivity index (χ4n) is 9.46. The molecule has 10 aromatic rings. The van der Waals surface area contributed by atoms with E-state index in [1.807, 2.05) is 66.7 Å². The average Bonchev–Trinajstić information content (AvgIpc) is 3.66. The lowest BCUT2D eigenvalue weighted by molar-refractivity contribution is 0.638. The van der Waals surface area contributed by atoms with Gasteiger partial charge in [0, 0.05) is 38.6 Å². The fraction of sp³-hybridized carbons (Fsp3) is 0.0536. The molecular weight excluding hydrogens is 743 g/mol. The molecule has 0 amide bonds. The summed E-state index contributed by atoms with van der Waals surface area (Å²) < 4.78 is 2.39. The summed E-state index contributed by atoms with van der Waals surface area (Å²) in [5, 5.41) is 13.2. The van der Waals surface area contributed by atoms with E-state index in [0.29, 0.717) is 22.8 Å². The second kappa shape index (κ2) is 14.3. The van der Waals surface area contributed by atoms with E-state index in [4.69, 9.17) is 9.97 Å². The zero-order valence-corrected chi connectivity index (χ0v) is 33.8. The Morgan fingerprint density at radius 1 is 0.492 bits per heavy atom. The van der Waals surface area contributed by atoms with Gasteiger partial charge in [0.05, 0.1) is 39.5 Å². The smallest absolute Gasteiger partial charge is 0.162 e. The van der Waals surface area contributed by atoms with Crippen molar-refractivity contribution in [2.45, 2.75) is 19.3 Å². The third kappa shape index (κ3) is 5.76. The number of benzene rings is 8. The molecule has 1 aliphatic rings. The Hall–Kier alpha value is -8.07. The quantitative estimate of drug-likeness (QED) is 0.169. The highest BCUT2D eigenvalue weighted by Crippen LogP contribution is 2.55. The van der Waals surface area contributed by atoms with Gasteiger partial charge in [-0.2, -0.15) is 5.26 Å². The number of hydrogen-bond donors (Lipinski definition) is 0. The molecule has 0 spiro atoms. The first-order chi connectivity index (χ1) is 30.0. The van der Waals surface area contributed by atoms with Crippen LogP contribution in [0.5, 0.6) is 0 Å². The minimum atomic E-state index is -0.336. The minimum absolute atomic E-state index is 0.336. The highest BCUT2D eigenvalue weighted by Gasteiger charge is 2.39. The monoisotopic (exact) mass is 781 g/mol. The molecule has 8 aromatic carbocycles. The maximum Gasteiger partial charge on any atom is 0.162 e. The van der Waals surface area contributed by atoms with Crippen molar-refractivity contribution in [1.82, 2.24) is 14.5 Å². The Bertz CT molecular complexity index is 3270. The summed E-state index contributed by atoms with van der Waals surface area (Å²) in [5.74, 6) is 0.540. The van der Waals surface area contributed by atoms with Gasteiger partial charge in [0.15, 0.2) is 5.82 Å². The number of rotatable bonds is 6. The Kier molecular flexibility index (Phi) is 8.47. The van der Waals surface area contributed by atoms with Crippen LogP contribution < -0.4 is 4.90 Å². The Morgan fingerprint density at radius 2 is 1.05 bits per heavy atom. The first-order valence-corrected chi connectivity index (χ1v) is 20.7. The van der Waals surface area contributed by atoms with E-state index < -0.39 is 0 Å². The molecule has 0 radical (unpaired) electrons. The maximum absolute atomic E-state index is 10.8. The largest absolute Gasteiger partial charge is 0.310 e. The Balaban J connectivity index is 1.24. The van der Waals surface area contributed by atoms with Crippen LogP contribution in [0.1, 0.15) is 30.5 Å². The normalized spacial score (nSPS) is 12.8. The molecule has 288 valence electrons. The summed E-state index contributed by atoms with van der Waals surface area (Å²) in [7, 11) is 0. The van der Waals surface area contributed by atoms with Gasteiger partial charge >= 0.3 is 0 Å². The molecule has 0 saturated carbocycles. The van der Waals surface area contributed by atoms with E-state index in [1.54, 1.807) is 0 Å². The highest BCUT2D eigenvalue weighted by atomic mass is 15.2. The molecule has 5 nitrogen and oxygen atoms in total. The van der Waals surface area contributed by atoms with Crippen molar-refractivity contribution in [3.63, 3.8) is 0 Å². The number of aromatic nitrogens is 3. The molecule has 0 N–H and O–H groups in total. The second-order valence-electron chi connectivity index (χ2n) is 16.1. The number of para-hydroxylation sites is 3. The molecule has 1 aliphatic heterocycles. The van der Waals surface area contributed by atoms with Gasteiger partial charge in [-0.15, -0.1) is 0 Å². The summed E-state index contributed by atoms with van der Waals surface area (Å²) >= 11 is 0. The van der Waals surface area contributed by atoms with Crippen molar-refractivity contribution in [2.24, 2.45) is 0 Å². The van der Waals surface area contributed by atoms with Gasteiger partial charge in [0.2, 0.25) is 0 Å². The topological polar surface area (TPSA) is 57.7 Å². The molecule has 3 heterocycles. The lowest BCUT2D eigenvalue weighted by atomic mass is 9.72. The van der Waals surface area contributed by atoms with Crippen LogP contribution >= 0.6 is 0 Å². The predicted molar refractivity (Wildman–Crippen MR) is 250 cm³/mol. The van der Waals surface area contributed by atoms with E-state index in [-0.39, 0.29) is 5.41 Å². The lowest BCUT2D eigenvalue weighted by Gasteiger charge is -2.42. The zero-order chi connectivity index (χ0) is 41.1. The van der Waals surface area contributed by atoms with Crippen molar-refractivity contribution >= 4 is 38.9 Å². The van der Waals surface area contributed by atoms with Crippen LogP contribution in [-0.4, -0.2) is 14.5 Å². The summed E-state index contributed by atoms with van der Waals surface area (Å²) in [5.41, 5.74) is 15.2. The van der Waals surface area contributed by atoms with Gasteiger partial charge < -0.3 is 9.47 Å². The van der Waals surface area contributed by atoms with Crippen molar-refractivity contribution in [3.8, 4) is 56.8 Å². The molecule has 0 aliphatic carbocycles. The predicted octanol–water partition coefficient (Wildman–Crippen LogP) is 14.2. The number of nitriles is 1. The first kappa shape index (κ1) is 36.0. The molecular formula is C56H39N5. The van der Waals surface area contributed by atoms with E-state index >= 15 is 0 Å². The molecule has 11 rings (SSSR count). The average molecular weight is 782 g/mol. The van der Waals surface area contributed by atoms with Gasteiger partial charge in [0.25, 0.3) is 0 Å². The summed E-state index contributed by atoms with van der Waals surface area (Å²) in [6.07, 6.45) is 0. The molecule has 0 saturated heterocycles. The van der Waals surface area contributed by atoms with E-state index in [2.05, 4.69) is 163 Å². The summed E-state index contributed by atoms with van der Waals surface area (Å²) in [6, 6.07) is 72.3. The van der Waals surface area contributed by atoms with Crippen LogP contribution in [0.4, 0.5) is 17.1 Å². The number of nitrogens with zero attached hydrogens (tertiary/aromatic N) is 5. The molecule has 2 aromatic heterocycles. The third-order valence-corrected chi connectivity index (χ3v) is 12.2. The highest BCUT2D eigenvalue weighted by molar-refractivity contribution is 6.14. The maximum atomic E-state index is 10.8. The van der Waals surface area contributed by atoms with Crippen LogP contribution in [0.25, 0.3) is 72.5 Å². The number of anilines is 3. The van der Waals surface area contributed by atoms with Crippen molar-refractivity contribution in [3.05, 3.63) is 217 Å². The van der Waals surface area contributed by atoms with Crippen molar-refractivity contribution in [1.29, 1.82) is 5.26 Å². The lowest BCUT2D eigenvalue weighted by Crippen LogP contribution is -2.30. The van der Waals surface area contributed by atoms with E-state index in [9.17, 15) is 5.26 Å². The van der Waals surface area contributed by atoms with Gasteiger partial charge in [-0.05, 0) is 70.8 Å². The SMILES string of the molecule is CC1(C)c2ccccc2N(c2ccccc2)c2ccc3c(c21)c1ccccc1n3-c1ccc(-c2ccccc2)cc1-c1nc(-c2ccccc2)c(C#N)c(-c2ccccc2)n1. The van der Waals surface area contributed by atoms with Gasteiger partial charge in [-0.3, -0.25) is 0 Å². The van der Waals surface area contributed by atoms with Crippen LogP contribution in [0.2, 0.25) is 0 Å². The van der Waals surface area contributed by atoms with Crippen LogP contribution in [0.15, 0.2) is 200 Å². The molecule has 5 heteroatoms. The zero-order valence-electron chi connectivity index (χ0n) is 33.8. The number of fused-ring (bicyclic) bond motifs is 6. The molecule has 0 atom stereocenters. The van der Waals surface area contributed by atoms with Crippen LogP contribution in [0, 0.1) is 11.3 Å². The Labute approximate surface area is 355 Å². The fourth-order valence-corrected chi connectivity index (χ4v) is 9.46. The second-order valence-corrected chi connectivity index (χ2v) is 16.1. The third-order valence-electron chi connectivity index (χ3n) is 12.2.